The Bertz CT molecular complexity index is 553. The number of nitrogens with zero attached hydrogens (tertiary/aromatic N) is 1. The molecular weight excluding hydrogens is 374 g/mol. The molecule has 0 radical (unpaired) electrons. The van der Waals surface area contributed by atoms with Gasteiger partial charge in [-0.3, -0.25) is 14.5 Å². The zero-order valence-electron chi connectivity index (χ0n) is 19.2. The van der Waals surface area contributed by atoms with Gasteiger partial charge in [-0.1, -0.05) is 64.7 Å². The van der Waals surface area contributed by atoms with E-state index in [0.29, 0.717) is 17.9 Å². The van der Waals surface area contributed by atoms with Crippen LogP contribution >= 0.6 is 0 Å². The van der Waals surface area contributed by atoms with E-state index in [0.717, 1.165) is 45.1 Å². The van der Waals surface area contributed by atoms with Crippen LogP contribution in [0.4, 0.5) is 0 Å². The van der Waals surface area contributed by atoms with Gasteiger partial charge in [0.15, 0.2) is 0 Å². The first-order valence-corrected chi connectivity index (χ1v) is 13.2. The number of hydrogen-bond donors (Lipinski definition) is 0. The van der Waals surface area contributed by atoms with Gasteiger partial charge < -0.3 is 4.74 Å². The molecule has 2 amide bonds. The monoisotopic (exact) mass is 417 g/mol. The van der Waals surface area contributed by atoms with Crippen LogP contribution in [0.1, 0.15) is 110 Å². The highest BCUT2D eigenvalue weighted by molar-refractivity contribution is 6.01. The molecule has 1 aliphatic heterocycles. The normalized spacial score (nSPS) is 36.6. The summed E-state index contributed by atoms with van der Waals surface area (Å²) < 4.78 is 6.14. The molecule has 4 heteroatoms. The third-order valence-electron chi connectivity index (χ3n) is 8.62. The van der Waals surface area contributed by atoms with Crippen molar-refractivity contribution in [2.24, 2.45) is 23.7 Å². The van der Waals surface area contributed by atoms with Crippen LogP contribution in [0.3, 0.4) is 0 Å². The second-order valence-electron chi connectivity index (χ2n) is 10.5. The van der Waals surface area contributed by atoms with Crippen molar-refractivity contribution in [2.45, 2.75) is 122 Å². The van der Waals surface area contributed by atoms with E-state index in [1.165, 1.54) is 64.2 Å². The Kier molecular flexibility index (Phi) is 7.89. The van der Waals surface area contributed by atoms with Gasteiger partial charge in [0.2, 0.25) is 11.8 Å². The van der Waals surface area contributed by atoms with E-state index in [1.807, 2.05) is 0 Å². The summed E-state index contributed by atoms with van der Waals surface area (Å²) in [4.78, 5) is 28.5. The quantitative estimate of drug-likeness (QED) is 0.348. The smallest absolute Gasteiger partial charge is 0.232 e. The summed E-state index contributed by atoms with van der Waals surface area (Å²) in [6, 6.07) is 0.127. The third-order valence-corrected chi connectivity index (χ3v) is 8.62. The number of imide groups is 1. The molecule has 170 valence electrons. The average Bonchev–Trinajstić information content (AvgIpc) is 2.78. The molecule has 4 nitrogen and oxygen atoms in total. The Labute approximate surface area is 183 Å². The Morgan fingerprint density at radius 3 is 2.00 bits per heavy atom. The van der Waals surface area contributed by atoms with Gasteiger partial charge in [-0.15, -0.1) is 0 Å². The maximum absolute atomic E-state index is 13.4. The minimum Gasteiger partial charge on any atom is -0.378 e. The lowest BCUT2D eigenvalue weighted by Crippen LogP contribution is -2.61. The van der Waals surface area contributed by atoms with Crippen molar-refractivity contribution in [1.29, 1.82) is 0 Å². The third kappa shape index (κ3) is 4.79. The second kappa shape index (κ2) is 10.6. The van der Waals surface area contributed by atoms with Crippen LogP contribution in [0.5, 0.6) is 0 Å². The highest BCUT2D eigenvalue weighted by atomic mass is 16.5. The molecule has 4 rings (SSSR count). The van der Waals surface area contributed by atoms with Crippen molar-refractivity contribution >= 4 is 11.8 Å². The molecule has 3 aliphatic carbocycles. The molecule has 4 fully saturated rings. The van der Waals surface area contributed by atoms with Crippen LogP contribution in [0.15, 0.2) is 0 Å². The first-order chi connectivity index (χ1) is 14.7. The Morgan fingerprint density at radius 2 is 1.37 bits per heavy atom. The first-order valence-electron chi connectivity index (χ1n) is 13.2. The van der Waals surface area contributed by atoms with Gasteiger partial charge in [-0.05, 0) is 56.8 Å². The van der Waals surface area contributed by atoms with Crippen molar-refractivity contribution in [2.75, 3.05) is 6.61 Å². The fourth-order valence-electron chi connectivity index (χ4n) is 7.06. The average molecular weight is 418 g/mol. The van der Waals surface area contributed by atoms with Crippen molar-refractivity contribution < 1.29 is 14.3 Å². The summed E-state index contributed by atoms with van der Waals surface area (Å²) in [7, 11) is 0. The van der Waals surface area contributed by atoms with Crippen molar-refractivity contribution in [3.05, 3.63) is 0 Å². The topological polar surface area (TPSA) is 46.6 Å². The highest BCUT2D eigenvalue weighted by Crippen LogP contribution is 2.51. The van der Waals surface area contributed by atoms with Gasteiger partial charge in [-0.2, -0.15) is 0 Å². The predicted molar refractivity (Wildman–Crippen MR) is 119 cm³/mol. The summed E-state index contributed by atoms with van der Waals surface area (Å²) in [5, 5.41) is 0. The zero-order valence-corrected chi connectivity index (χ0v) is 19.2. The van der Waals surface area contributed by atoms with Crippen molar-refractivity contribution in [3.8, 4) is 0 Å². The van der Waals surface area contributed by atoms with Gasteiger partial charge in [0.1, 0.15) is 0 Å². The van der Waals surface area contributed by atoms with E-state index in [4.69, 9.17) is 4.74 Å². The van der Waals surface area contributed by atoms with Crippen LogP contribution in [-0.4, -0.2) is 35.5 Å². The maximum Gasteiger partial charge on any atom is 0.232 e. The number of carbonyl (C=O) groups is 2. The number of amides is 2. The number of hydrogen-bond acceptors (Lipinski definition) is 3. The van der Waals surface area contributed by atoms with E-state index in [2.05, 4.69) is 6.92 Å². The van der Waals surface area contributed by atoms with Crippen LogP contribution < -0.4 is 0 Å². The molecule has 2 atom stereocenters. The van der Waals surface area contributed by atoms with Gasteiger partial charge >= 0.3 is 0 Å². The van der Waals surface area contributed by atoms with E-state index in [-0.39, 0.29) is 29.7 Å². The molecule has 1 saturated heterocycles. The lowest BCUT2D eigenvalue weighted by molar-refractivity contribution is -0.171. The predicted octanol–water partition coefficient (Wildman–Crippen LogP) is 5.88. The summed E-state index contributed by atoms with van der Waals surface area (Å²) in [5.41, 5.74) is 0. The SMILES string of the molecule is CCCCCCCCOC1CCC(N2C(=O)C3CCCC4CCCC(C2=O)C43)CC1. The Morgan fingerprint density at radius 1 is 0.767 bits per heavy atom. The van der Waals surface area contributed by atoms with E-state index < -0.39 is 0 Å². The summed E-state index contributed by atoms with van der Waals surface area (Å²) in [6.45, 7) is 3.13. The molecular formula is C26H43NO3. The maximum atomic E-state index is 13.4. The molecule has 0 spiro atoms. The van der Waals surface area contributed by atoms with Crippen LogP contribution in [0.25, 0.3) is 0 Å². The summed E-state index contributed by atoms with van der Waals surface area (Å²) in [5.74, 6) is 1.62. The minimum absolute atomic E-state index is 0.127. The largest absolute Gasteiger partial charge is 0.378 e. The second-order valence-corrected chi connectivity index (χ2v) is 10.5. The molecule has 3 saturated carbocycles. The number of piperidine rings is 1. The number of unbranched alkanes of at least 4 members (excludes halogenated alkanes) is 5. The molecule has 0 aromatic carbocycles. The van der Waals surface area contributed by atoms with Crippen LogP contribution in [0, 0.1) is 23.7 Å². The number of ether oxygens (including phenoxy) is 1. The van der Waals surface area contributed by atoms with E-state index in [9.17, 15) is 9.59 Å². The molecule has 0 N–H and O–H groups in total. The molecule has 1 heterocycles. The van der Waals surface area contributed by atoms with Gasteiger partial charge in [0.25, 0.3) is 0 Å². The molecule has 2 unspecified atom stereocenters. The lowest BCUT2D eigenvalue weighted by Gasteiger charge is -2.52. The molecule has 4 aliphatic rings. The minimum atomic E-state index is 0.127. The number of carbonyl (C=O) groups excluding carboxylic acids is 2. The zero-order chi connectivity index (χ0) is 20.9. The molecule has 30 heavy (non-hydrogen) atoms. The standard InChI is InChI=1S/C26H43NO3/c1-2-3-4-5-6-7-18-30-21-16-14-20(15-17-21)27-25(28)22-12-8-10-19-11-9-13-23(24(19)22)26(27)29/h19-24H,2-18H2,1H3. The summed E-state index contributed by atoms with van der Waals surface area (Å²) in [6.07, 6.45) is 18.8. The van der Waals surface area contributed by atoms with E-state index in [1.54, 1.807) is 4.90 Å². The number of rotatable bonds is 9. The lowest BCUT2D eigenvalue weighted by atomic mass is 9.58. The van der Waals surface area contributed by atoms with Gasteiger partial charge in [0.05, 0.1) is 6.10 Å². The summed E-state index contributed by atoms with van der Waals surface area (Å²) >= 11 is 0. The molecule has 0 bridgehead atoms. The van der Waals surface area contributed by atoms with Crippen molar-refractivity contribution in [1.82, 2.24) is 4.90 Å². The highest BCUT2D eigenvalue weighted by Gasteiger charge is 2.54. The van der Waals surface area contributed by atoms with Gasteiger partial charge in [-0.25, -0.2) is 0 Å². The molecule has 0 aromatic heterocycles. The fraction of sp³-hybridized carbons (Fsp3) is 0.923. The molecule has 0 aromatic rings. The van der Waals surface area contributed by atoms with Gasteiger partial charge in [0, 0.05) is 24.5 Å². The number of likely N-dealkylation sites (tertiary alicyclic amines) is 1. The van der Waals surface area contributed by atoms with Crippen LogP contribution in [-0.2, 0) is 14.3 Å². The van der Waals surface area contributed by atoms with Crippen LogP contribution in [0.2, 0.25) is 0 Å². The first kappa shape index (κ1) is 22.3. The fourth-order valence-corrected chi connectivity index (χ4v) is 7.06. The van der Waals surface area contributed by atoms with E-state index >= 15 is 0 Å². The Hall–Kier alpha value is -0.900. The Balaban J connectivity index is 1.25. The van der Waals surface area contributed by atoms with Crippen molar-refractivity contribution in [3.63, 3.8) is 0 Å².